The molecule has 0 saturated carbocycles. The molecule has 2 aromatic carbocycles. The first-order chi connectivity index (χ1) is 14.8. The number of amides is 1. The molecule has 0 saturated heterocycles. The molecule has 6 heteroatoms. The number of hydrogen-bond donors (Lipinski definition) is 3. The average molecular weight is 464 g/mol. The zero-order valence-corrected chi connectivity index (χ0v) is 19.5. The maximum Gasteiger partial charge on any atom is 0.223 e. The zero-order valence-electron chi connectivity index (χ0n) is 18.0. The van der Waals surface area contributed by atoms with Crippen molar-refractivity contribution in [1.82, 2.24) is 5.32 Å². The lowest BCUT2D eigenvalue weighted by Gasteiger charge is -2.29. The van der Waals surface area contributed by atoms with E-state index in [1.807, 2.05) is 32.0 Å². The quantitative estimate of drug-likeness (QED) is 0.383. The van der Waals surface area contributed by atoms with E-state index in [1.54, 1.807) is 36.4 Å². The summed E-state index contributed by atoms with van der Waals surface area (Å²) in [4.78, 5) is 13.0. The summed E-state index contributed by atoms with van der Waals surface area (Å²) in [6, 6.07) is 14.0. The zero-order chi connectivity index (χ0) is 23.0. The predicted octanol–water partition coefficient (Wildman–Crippen LogP) is 5.53. The first-order valence-electron chi connectivity index (χ1n) is 10.5. The van der Waals surface area contributed by atoms with Crippen LogP contribution in [0.25, 0.3) is 0 Å². The third-order valence-corrected chi connectivity index (χ3v) is 6.05. The lowest BCUT2D eigenvalue weighted by molar-refractivity contribution is -0.126. The van der Waals surface area contributed by atoms with Crippen LogP contribution in [-0.4, -0.2) is 28.8 Å². The van der Waals surface area contributed by atoms with Gasteiger partial charge in [0.1, 0.15) is 0 Å². The molecule has 2 aromatic rings. The first kappa shape index (κ1) is 25.4. The Bertz CT molecular complexity index is 854. The largest absolute Gasteiger partial charge is 0.394 e. The Balaban J connectivity index is 2.35. The number of carbonyl (C=O) groups is 1. The third-order valence-electron chi connectivity index (χ3n) is 5.56. The number of hydrogen-bond acceptors (Lipinski definition) is 3. The number of nitrogens with one attached hydrogen (secondary N) is 1. The van der Waals surface area contributed by atoms with E-state index in [0.29, 0.717) is 28.5 Å². The minimum atomic E-state index is -0.852. The van der Waals surface area contributed by atoms with Gasteiger partial charge in [0.05, 0.1) is 18.8 Å². The van der Waals surface area contributed by atoms with Gasteiger partial charge in [-0.1, -0.05) is 67.4 Å². The highest BCUT2D eigenvalue weighted by Gasteiger charge is 2.30. The fourth-order valence-electron chi connectivity index (χ4n) is 3.62. The van der Waals surface area contributed by atoms with Crippen molar-refractivity contribution in [3.63, 3.8) is 0 Å². The van der Waals surface area contributed by atoms with Gasteiger partial charge < -0.3 is 15.5 Å². The van der Waals surface area contributed by atoms with Crippen LogP contribution in [0.4, 0.5) is 0 Å². The number of rotatable bonds is 11. The molecule has 4 nitrogen and oxygen atoms in total. The molecule has 0 bridgehead atoms. The second-order valence-electron chi connectivity index (χ2n) is 8.16. The maximum atomic E-state index is 13.0. The average Bonchev–Trinajstić information content (AvgIpc) is 2.74. The summed E-state index contributed by atoms with van der Waals surface area (Å²) in [6.45, 7) is 7.56. The van der Waals surface area contributed by atoms with E-state index < -0.39 is 12.0 Å². The molecule has 168 valence electrons. The van der Waals surface area contributed by atoms with Gasteiger partial charge in [0.25, 0.3) is 0 Å². The third kappa shape index (κ3) is 7.36. The molecule has 0 aromatic heterocycles. The molecule has 4 atom stereocenters. The number of aliphatic hydroxyl groups is 2. The highest BCUT2D eigenvalue weighted by molar-refractivity contribution is 6.30. The fourth-order valence-corrected chi connectivity index (χ4v) is 3.94. The van der Waals surface area contributed by atoms with Crippen molar-refractivity contribution in [3.05, 3.63) is 82.4 Å². The van der Waals surface area contributed by atoms with Gasteiger partial charge in [-0.2, -0.15) is 0 Å². The van der Waals surface area contributed by atoms with Gasteiger partial charge in [-0.15, -0.1) is 6.58 Å². The number of benzene rings is 2. The van der Waals surface area contributed by atoms with E-state index in [0.717, 1.165) is 5.56 Å². The summed E-state index contributed by atoms with van der Waals surface area (Å²) in [6.07, 6.45) is 1.69. The number of halogens is 2. The Morgan fingerprint density at radius 2 is 1.77 bits per heavy atom. The van der Waals surface area contributed by atoms with Gasteiger partial charge in [0.15, 0.2) is 0 Å². The van der Waals surface area contributed by atoms with Gasteiger partial charge in [0, 0.05) is 21.9 Å². The van der Waals surface area contributed by atoms with Crippen LogP contribution >= 0.6 is 23.2 Å². The summed E-state index contributed by atoms with van der Waals surface area (Å²) in [5.41, 5.74) is 1.56. The van der Waals surface area contributed by atoms with Gasteiger partial charge in [-0.25, -0.2) is 0 Å². The first-order valence-corrected chi connectivity index (χ1v) is 11.2. The smallest absolute Gasteiger partial charge is 0.223 e. The predicted molar refractivity (Wildman–Crippen MR) is 127 cm³/mol. The number of aliphatic hydroxyl groups excluding tert-OH is 2. The van der Waals surface area contributed by atoms with Crippen molar-refractivity contribution in [2.24, 2.45) is 11.8 Å². The van der Waals surface area contributed by atoms with Gasteiger partial charge in [0.2, 0.25) is 5.91 Å². The molecular weight excluding hydrogens is 433 g/mol. The second kappa shape index (κ2) is 12.3. The van der Waals surface area contributed by atoms with Crippen LogP contribution in [0.2, 0.25) is 10.0 Å². The van der Waals surface area contributed by atoms with E-state index in [9.17, 15) is 15.0 Å². The highest BCUT2D eigenvalue weighted by Crippen LogP contribution is 2.38. The fraction of sp³-hybridized carbons (Fsp3) is 0.400. The Morgan fingerprint density at radius 3 is 2.32 bits per heavy atom. The molecule has 0 fully saturated rings. The molecule has 1 amide bonds. The van der Waals surface area contributed by atoms with Crippen LogP contribution < -0.4 is 5.32 Å². The summed E-state index contributed by atoms with van der Waals surface area (Å²) >= 11 is 12.2. The number of carbonyl (C=O) groups excluding carboxylic acids is 1. The molecule has 0 aliphatic carbocycles. The lowest BCUT2D eigenvalue weighted by atomic mass is 9.81. The highest BCUT2D eigenvalue weighted by atomic mass is 35.5. The maximum absolute atomic E-state index is 13.0. The van der Waals surface area contributed by atoms with Crippen LogP contribution in [0.1, 0.15) is 49.8 Å². The van der Waals surface area contributed by atoms with Crippen molar-refractivity contribution in [1.29, 1.82) is 0 Å². The van der Waals surface area contributed by atoms with E-state index in [-0.39, 0.29) is 30.4 Å². The summed E-state index contributed by atoms with van der Waals surface area (Å²) in [5, 5.41) is 24.9. The molecule has 31 heavy (non-hydrogen) atoms. The lowest BCUT2D eigenvalue weighted by Crippen LogP contribution is -2.44. The Hall–Kier alpha value is -1.85. The molecular formula is C25H31Cl2NO3. The van der Waals surface area contributed by atoms with Crippen LogP contribution in [0.5, 0.6) is 0 Å². The van der Waals surface area contributed by atoms with Crippen molar-refractivity contribution in [2.75, 3.05) is 6.61 Å². The second-order valence-corrected chi connectivity index (χ2v) is 9.03. The summed E-state index contributed by atoms with van der Waals surface area (Å²) < 4.78 is 0. The minimum Gasteiger partial charge on any atom is -0.394 e. The molecule has 0 heterocycles. The van der Waals surface area contributed by atoms with Crippen molar-refractivity contribution in [3.8, 4) is 0 Å². The SMILES string of the molecule is C=CCC(C[C@H](c1cccc(Cl)c1)C(O)c1ccc(Cl)cc1)C(=O)N[C@H](CO)C(C)C. The molecule has 2 unspecified atom stereocenters. The summed E-state index contributed by atoms with van der Waals surface area (Å²) in [7, 11) is 0. The van der Waals surface area contributed by atoms with Gasteiger partial charge >= 0.3 is 0 Å². The molecule has 0 spiro atoms. The van der Waals surface area contributed by atoms with Gasteiger partial charge in [-0.3, -0.25) is 4.79 Å². The summed E-state index contributed by atoms with van der Waals surface area (Å²) in [5.74, 6) is -0.858. The van der Waals surface area contributed by atoms with Crippen molar-refractivity contribution >= 4 is 29.1 Å². The van der Waals surface area contributed by atoms with E-state index in [2.05, 4.69) is 11.9 Å². The van der Waals surface area contributed by atoms with Crippen LogP contribution in [0, 0.1) is 11.8 Å². The number of allylic oxidation sites excluding steroid dienone is 1. The molecule has 2 rings (SSSR count). The van der Waals surface area contributed by atoms with E-state index in [4.69, 9.17) is 23.2 Å². The topological polar surface area (TPSA) is 69.6 Å². The van der Waals surface area contributed by atoms with Crippen molar-refractivity contribution < 1.29 is 15.0 Å². The van der Waals surface area contributed by atoms with Crippen LogP contribution in [-0.2, 0) is 4.79 Å². The van der Waals surface area contributed by atoms with Crippen LogP contribution in [0.3, 0.4) is 0 Å². The minimum absolute atomic E-state index is 0.0988. The molecule has 0 radical (unpaired) electrons. The Kier molecular flexibility index (Phi) is 10.0. The van der Waals surface area contributed by atoms with E-state index in [1.165, 1.54) is 0 Å². The molecule has 0 aliphatic rings. The monoisotopic (exact) mass is 463 g/mol. The normalized spacial score (nSPS) is 15.2. The van der Waals surface area contributed by atoms with Gasteiger partial charge in [-0.05, 0) is 54.2 Å². The Morgan fingerprint density at radius 1 is 1.10 bits per heavy atom. The van der Waals surface area contributed by atoms with E-state index >= 15 is 0 Å². The van der Waals surface area contributed by atoms with Crippen molar-refractivity contribution in [2.45, 2.75) is 44.8 Å². The standard InChI is InChI=1S/C25H31Cl2NO3/c1-4-6-19(25(31)28-23(15-29)16(2)3)14-22(18-7-5-8-21(27)13-18)24(30)17-9-11-20(26)12-10-17/h4-5,7-13,16,19,22-24,29-30H,1,6,14-15H2,2-3H3,(H,28,31)/t19?,22-,23-,24?/m1/s1. The van der Waals surface area contributed by atoms with Crippen LogP contribution in [0.15, 0.2) is 61.2 Å². The molecule has 0 aliphatic heterocycles. The molecule has 3 N–H and O–H groups in total. The Labute approximate surface area is 194 Å².